The van der Waals surface area contributed by atoms with Crippen LogP contribution in [0.4, 0.5) is 0 Å². The van der Waals surface area contributed by atoms with Crippen molar-refractivity contribution in [2.45, 2.75) is 9.79 Å². The first kappa shape index (κ1) is 13.5. The van der Waals surface area contributed by atoms with Gasteiger partial charge < -0.3 is 5.11 Å². The van der Waals surface area contributed by atoms with Gasteiger partial charge in [-0.15, -0.1) is 11.8 Å². The largest absolute Gasteiger partial charge is 0.395 e. The molecule has 1 aromatic carbocycles. The summed E-state index contributed by atoms with van der Waals surface area (Å²) in [5, 5.41) is 8.72. The molecule has 0 bridgehead atoms. The molecule has 90 valence electrons. The molecule has 1 aromatic rings. The van der Waals surface area contributed by atoms with Crippen molar-refractivity contribution < 1.29 is 13.5 Å². The summed E-state index contributed by atoms with van der Waals surface area (Å²) in [7, 11) is -2.01. The van der Waals surface area contributed by atoms with Crippen molar-refractivity contribution >= 4 is 21.8 Å². The normalized spacial score (nSPS) is 12.0. The SMILES string of the molecule is CSc1ccc(S(=O)(=O)N(C)CCO)cc1. The van der Waals surface area contributed by atoms with E-state index in [4.69, 9.17) is 5.11 Å². The first-order valence-corrected chi connectivity index (χ1v) is 7.40. The van der Waals surface area contributed by atoms with E-state index >= 15 is 0 Å². The molecule has 0 saturated carbocycles. The van der Waals surface area contributed by atoms with E-state index in [0.717, 1.165) is 9.20 Å². The van der Waals surface area contributed by atoms with Crippen molar-refractivity contribution in [3.8, 4) is 0 Å². The van der Waals surface area contributed by atoms with Gasteiger partial charge in [0.2, 0.25) is 10.0 Å². The Bertz CT molecular complexity index is 428. The van der Waals surface area contributed by atoms with E-state index in [0.29, 0.717) is 0 Å². The highest BCUT2D eigenvalue weighted by Gasteiger charge is 2.19. The highest BCUT2D eigenvalue weighted by atomic mass is 32.2. The number of likely N-dealkylation sites (N-methyl/N-ethyl adjacent to an activating group) is 1. The average Bonchev–Trinajstić information content (AvgIpc) is 2.29. The van der Waals surface area contributed by atoms with Gasteiger partial charge >= 0.3 is 0 Å². The van der Waals surface area contributed by atoms with Gasteiger partial charge in [0.1, 0.15) is 0 Å². The Morgan fingerprint density at radius 2 is 1.88 bits per heavy atom. The molecule has 4 nitrogen and oxygen atoms in total. The van der Waals surface area contributed by atoms with E-state index in [1.807, 2.05) is 6.26 Å². The fourth-order valence-corrected chi connectivity index (χ4v) is 2.76. The number of hydrogen-bond acceptors (Lipinski definition) is 4. The lowest BCUT2D eigenvalue weighted by Gasteiger charge is -2.15. The summed E-state index contributed by atoms with van der Waals surface area (Å²) in [5.41, 5.74) is 0. The maximum atomic E-state index is 11.9. The molecular formula is C10H15NO3S2. The number of hydrogen-bond donors (Lipinski definition) is 1. The molecule has 0 saturated heterocycles. The predicted molar refractivity (Wildman–Crippen MR) is 65.1 cm³/mol. The number of sulfonamides is 1. The van der Waals surface area contributed by atoms with Crippen LogP contribution in [0.2, 0.25) is 0 Å². The molecule has 0 atom stereocenters. The molecule has 0 radical (unpaired) electrons. The van der Waals surface area contributed by atoms with E-state index in [-0.39, 0.29) is 18.0 Å². The summed E-state index contributed by atoms with van der Waals surface area (Å²) in [4.78, 5) is 1.27. The fraction of sp³-hybridized carbons (Fsp3) is 0.400. The van der Waals surface area contributed by atoms with Crippen LogP contribution in [0, 0.1) is 0 Å². The number of benzene rings is 1. The first-order chi connectivity index (χ1) is 7.52. The maximum Gasteiger partial charge on any atom is 0.242 e. The van der Waals surface area contributed by atoms with Gasteiger partial charge in [-0.3, -0.25) is 0 Å². The van der Waals surface area contributed by atoms with Gasteiger partial charge in [0.05, 0.1) is 11.5 Å². The van der Waals surface area contributed by atoms with Gasteiger partial charge in [0.15, 0.2) is 0 Å². The van der Waals surface area contributed by atoms with E-state index in [2.05, 4.69) is 0 Å². The Labute approximate surface area is 100 Å². The number of nitrogens with zero attached hydrogens (tertiary/aromatic N) is 1. The van der Waals surface area contributed by atoms with E-state index in [1.165, 1.54) is 7.05 Å². The summed E-state index contributed by atoms with van der Waals surface area (Å²) in [6.45, 7) is -0.0781. The van der Waals surface area contributed by atoms with Crippen LogP contribution in [0.1, 0.15) is 0 Å². The molecule has 0 fully saturated rings. The Morgan fingerprint density at radius 3 is 2.31 bits per heavy atom. The summed E-state index contributed by atoms with van der Waals surface area (Å²) < 4.78 is 25.0. The molecular weight excluding hydrogens is 246 g/mol. The second kappa shape index (κ2) is 5.67. The van der Waals surface area contributed by atoms with Crippen LogP contribution >= 0.6 is 11.8 Å². The van der Waals surface area contributed by atoms with Crippen LogP contribution in [0.3, 0.4) is 0 Å². The molecule has 6 heteroatoms. The van der Waals surface area contributed by atoms with Gasteiger partial charge in [-0.2, -0.15) is 4.31 Å². The van der Waals surface area contributed by atoms with Crippen LogP contribution in [0.15, 0.2) is 34.1 Å². The lowest BCUT2D eigenvalue weighted by atomic mass is 10.4. The Balaban J connectivity index is 2.98. The number of aliphatic hydroxyl groups is 1. The molecule has 0 heterocycles. The van der Waals surface area contributed by atoms with Crippen LogP contribution in [0.5, 0.6) is 0 Å². The van der Waals surface area contributed by atoms with Gasteiger partial charge in [0.25, 0.3) is 0 Å². The molecule has 0 aliphatic rings. The molecule has 0 spiro atoms. The minimum Gasteiger partial charge on any atom is -0.395 e. The number of aliphatic hydroxyl groups excluding tert-OH is 1. The van der Waals surface area contributed by atoms with E-state index in [9.17, 15) is 8.42 Å². The quantitative estimate of drug-likeness (QED) is 0.804. The third-order valence-electron chi connectivity index (χ3n) is 2.18. The molecule has 1 rings (SSSR count). The van der Waals surface area contributed by atoms with Crippen molar-refractivity contribution in [1.29, 1.82) is 0 Å². The number of rotatable bonds is 5. The summed E-state index contributed by atoms with van der Waals surface area (Å²) in [6.07, 6.45) is 1.93. The Hall–Kier alpha value is -0.560. The molecule has 0 amide bonds. The fourth-order valence-electron chi connectivity index (χ4n) is 1.19. The van der Waals surface area contributed by atoms with Crippen LogP contribution < -0.4 is 0 Å². The second-order valence-electron chi connectivity index (χ2n) is 3.23. The first-order valence-electron chi connectivity index (χ1n) is 4.73. The standard InChI is InChI=1S/C10H15NO3S2/c1-11(7-8-12)16(13,14)10-5-3-9(15-2)4-6-10/h3-6,12H,7-8H2,1-2H3. The van der Waals surface area contributed by atoms with Gasteiger partial charge in [-0.1, -0.05) is 0 Å². The third kappa shape index (κ3) is 2.98. The molecule has 0 unspecified atom stereocenters. The third-order valence-corrected chi connectivity index (χ3v) is 4.80. The zero-order chi connectivity index (χ0) is 12.2. The molecule has 0 aliphatic carbocycles. The summed E-state index contributed by atoms with van der Waals surface area (Å²) >= 11 is 1.56. The van der Waals surface area contributed by atoms with Crippen molar-refractivity contribution in [1.82, 2.24) is 4.31 Å². The lowest BCUT2D eigenvalue weighted by molar-refractivity contribution is 0.266. The molecule has 0 aliphatic heterocycles. The van der Waals surface area contributed by atoms with Crippen LogP contribution in [0.25, 0.3) is 0 Å². The molecule has 1 N–H and O–H groups in total. The lowest BCUT2D eigenvalue weighted by Crippen LogP contribution is -2.29. The minimum absolute atomic E-state index is 0.104. The average molecular weight is 261 g/mol. The van der Waals surface area contributed by atoms with Crippen LogP contribution in [-0.4, -0.2) is 44.3 Å². The van der Waals surface area contributed by atoms with E-state index < -0.39 is 10.0 Å². The topological polar surface area (TPSA) is 57.6 Å². The molecule has 0 aromatic heterocycles. The van der Waals surface area contributed by atoms with Crippen molar-refractivity contribution in [3.05, 3.63) is 24.3 Å². The van der Waals surface area contributed by atoms with Crippen molar-refractivity contribution in [3.63, 3.8) is 0 Å². The number of thioether (sulfide) groups is 1. The zero-order valence-electron chi connectivity index (χ0n) is 9.25. The van der Waals surface area contributed by atoms with Crippen molar-refractivity contribution in [2.24, 2.45) is 0 Å². The molecule has 16 heavy (non-hydrogen) atoms. The Morgan fingerprint density at radius 1 is 1.31 bits per heavy atom. The zero-order valence-corrected chi connectivity index (χ0v) is 10.9. The minimum atomic E-state index is -3.46. The highest BCUT2D eigenvalue weighted by molar-refractivity contribution is 7.98. The summed E-state index contributed by atoms with van der Waals surface area (Å²) in [5.74, 6) is 0. The van der Waals surface area contributed by atoms with Gasteiger partial charge in [-0.05, 0) is 30.5 Å². The monoisotopic (exact) mass is 261 g/mol. The predicted octanol–water partition coefficient (Wildman–Crippen LogP) is 1.02. The van der Waals surface area contributed by atoms with E-state index in [1.54, 1.807) is 36.0 Å². The smallest absolute Gasteiger partial charge is 0.242 e. The van der Waals surface area contributed by atoms with Crippen LogP contribution in [-0.2, 0) is 10.0 Å². The maximum absolute atomic E-state index is 11.9. The summed E-state index contributed by atoms with van der Waals surface area (Å²) in [6, 6.07) is 6.69. The Kier molecular flexibility index (Phi) is 4.79. The van der Waals surface area contributed by atoms with Gasteiger partial charge in [-0.25, -0.2) is 8.42 Å². The van der Waals surface area contributed by atoms with Crippen molar-refractivity contribution in [2.75, 3.05) is 26.5 Å². The highest BCUT2D eigenvalue weighted by Crippen LogP contribution is 2.19. The second-order valence-corrected chi connectivity index (χ2v) is 6.15. The van der Waals surface area contributed by atoms with Gasteiger partial charge in [0, 0.05) is 18.5 Å².